The van der Waals surface area contributed by atoms with Crippen molar-refractivity contribution in [2.24, 2.45) is 5.92 Å². The fraction of sp³-hybridized carbons (Fsp3) is 0.812. The second kappa shape index (κ2) is 8.36. The van der Waals surface area contributed by atoms with Gasteiger partial charge >= 0.3 is 5.97 Å². The quantitative estimate of drug-likeness (QED) is 0.395. The molecule has 0 amide bonds. The predicted octanol–water partition coefficient (Wildman–Crippen LogP) is 3.20. The van der Waals surface area contributed by atoms with Crippen molar-refractivity contribution in [2.75, 3.05) is 19.7 Å². The molecule has 0 heterocycles. The highest BCUT2D eigenvalue weighted by atomic mass is 16.5. The lowest BCUT2D eigenvalue weighted by Gasteiger charge is -2.12. The van der Waals surface area contributed by atoms with E-state index in [0.29, 0.717) is 13.0 Å². The number of carbonyl (C=O) groups excluding carboxylic acids is 1. The van der Waals surface area contributed by atoms with Crippen molar-refractivity contribution in [2.45, 2.75) is 57.8 Å². The van der Waals surface area contributed by atoms with Gasteiger partial charge in [0.15, 0.2) is 0 Å². The smallest absolute Gasteiger partial charge is 0.306 e. The molecule has 0 saturated heterocycles. The van der Waals surface area contributed by atoms with Crippen molar-refractivity contribution < 1.29 is 9.53 Å². The van der Waals surface area contributed by atoms with Crippen molar-refractivity contribution in [3.63, 3.8) is 0 Å². The van der Waals surface area contributed by atoms with Crippen molar-refractivity contribution in [3.05, 3.63) is 11.6 Å². The Labute approximate surface area is 116 Å². The van der Waals surface area contributed by atoms with E-state index in [1.54, 1.807) is 0 Å². The summed E-state index contributed by atoms with van der Waals surface area (Å²) < 4.78 is 5.25. The molecule has 0 aliphatic heterocycles. The van der Waals surface area contributed by atoms with Crippen molar-refractivity contribution in [3.8, 4) is 0 Å². The Morgan fingerprint density at radius 2 is 2.26 bits per heavy atom. The molecule has 3 nitrogen and oxygen atoms in total. The summed E-state index contributed by atoms with van der Waals surface area (Å²) in [5.41, 5.74) is 1.45. The maximum atomic E-state index is 11.6. The van der Waals surface area contributed by atoms with Gasteiger partial charge in [-0.1, -0.05) is 11.6 Å². The molecule has 1 saturated carbocycles. The van der Waals surface area contributed by atoms with Gasteiger partial charge in [0.05, 0.1) is 6.61 Å². The van der Waals surface area contributed by atoms with E-state index in [4.69, 9.17) is 4.74 Å². The molecule has 2 aliphatic rings. The normalized spacial score (nSPS) is 19.1. The zero-order chi connectivity index (χ0) is 13.3. The molecular formula is C16H27NO2. The third-order valence-electron chi connectivity index (χ3n) is 3.93. The van der Waals surface area contributed by atoms with Crippen molar-refractivity contribution in [1.29, 1.82) is 0 Å². The van der Waals surface area contributed by atoms with Crippen LogP contribution in [-0.4, -0.2) is 25.7 Å². The lowest BCUT2D eigenvalue weighted by molar-refractivity contribution is -0.143. The Hall–Kier alpha value is -0.830. The van der Waals surface area contributed by atoms with Crippen LogP contribution in [0.3, 0.4) is 0 Å². The Morgan fingerprint density at radius 1 is 1.37 bits per heavy atom. The number of ether oxygens (including phenoxy) is 1. The highest BCUT2D eigenvalue weighted by Crippen LogP contribution is 2.27. The minimum Gasteiger partial charge on any atom is -0.466 e. The van der Waals surface area contributed by atoms with E-state index in [-0.39, 0.29) is 5.97 Å². The standard InChI is InChI=1S/C16H27NO2/c18-16(10-9-14-5-2-1-3-6-14)19-12-4-11-17-13-15-7-8-15/h5,15,17H,1-4,6-13H2. The van der Waals surface area contributed by atoms with Crippen LogP contribution in [0.4, 0.5) is 0 Å². The van der Waals surface area contributed by atoms with E-state index in [1.165, 1.54) is 44.1 Å². The van der Waals surface area contributed by atoms with Crippen LogP contribution in [0.5, 0.6) is 0 Å². The number of hydrogen-bond donors (Lipinski definition) is 1. The van der Waals surface area contributed by atoms with Crippen LogP contribution >= 0.6 is 0 Å². The first-order valence-electron chi connectivity index (χ1n) is 7.89. The van der Waals surface area contributed by atoms with Crippen LogP contribution in [0.15, 0.2) is 11.6 Å². The highest BCUT2D eigenvalue weighted by Gasteiger charge is 2.19. The first-order valence-corrected chi connectivity index (χ1v) is 7.89. The van der Waals surface area contributed by atoms with Crippen LogP contribution in [0, 0.1) is 5.92 Å². The maximum absolute atomic E-state index is 11.6. The Morgan fingerprint density at radius 3 is 3.00 bits per heavy atom. The summed E-state index contributed by atoms with van der Waals surface area (Å²) in [4.78, 5) is 11.6. The SMILES string of the molecule is O=C(CCC1=CCCCC1)OCCCNCC1CC1. The predicted molar refractivity (Wildman–Crippen MR) is 77.0 cm³/mol. The third-order valence-corrected chi connectivity index (χ3v) is 3.93. The van der Waals surface area contributed by atoms with Crippen LogP contribution in [-0.2, 0) is 9.53 Å². The van der Waals surface area contributed by atoms with Gasteiger partial charge in [-0.05, 0) is 70.4 Å². The summed E-state index contributed by atoms with van der Waals surface area (Å²) in [6, 6.07) is 0. The number of allylic oxidation sites excluding steroid dienone is 2. The Bertz CT molecular complexity index is 308. The summed E-state index contributed by atoms with van der Waals surface area (Å²) in [5.74, 6) is 0.889. The molecule has 1 N–H and O–H groups in total. The number of rotatable bonds is 9. The Balaban J connectivity index is 1.41. The van der Waals surface area contributed by atoms with Gasteiger partial charge in [0.2, 0.25) is 0 Å². The molecule has 108 valence electrons. The zero-order valence-corrected chi connectivity index (χ0v) is 12.0. The molecule has 0 aromatic carbocycles. The van der Waals surface area contributed by atoms with Crippen molar-refractivity contribution in [1.82, 2.24) is 5.32 Å². The van der Waals surface area contributed by atoms with E-state index >= 15 is 0 Å². The molecule has 0 atom stereocenters. The molecular weight excluding hydrogens is 238 g/mol. The largest absolute Gasteiger partial charge is 0.466 e. The fourth-order valence-electron chi connectivity index (χ4n) is 2.48. The Kier molecular flexibility index (Phi) is 6.42. The molecule has 2 aliphatic carbocycles. The molecule has 0 radical (unpaired) electrons. The summed E-state index contributed by atoms with van der Waals surface area (Å²) in [6.45, 7) is 2.67. The van der Waals surface area contributed by atoms with E-state index in [2.05, 4.69) is 11.4 Å². The second-order valence-corrected chi connectivity index (χ2v) is 5.83. The van der Waals surface area contributed by atoms with Gasteiger partial charge in [-0.15, -0.1) is 0 Å². The van der Waals surface area contributed by atoms with Gasteiger partial charge in [0.25, 0.3) is 0 Å². The van der Waals surface area contributed by atoms with E-state index in [9.17, 15) is 4.79 Å². The van der Waals surface area contributed by atoms with Gasteiger partial charge in [-0.2, -0.15) is 0 Å². The first kappa shape index (κ1) is 14.6. The average Bonchev–Trinajstić information content (AvgIpc) is 3.26. The van der Waals surface area contributed by atoms with Crippen LogP contribution in [0.1, 0.15) is 57.8 Å². The summed E-state index contributed by atoms with van der Waals surface area (Å²) in [7, 11) is 0. The molecule has 19 heavy (non-hydrogen) atoms. The van der Waals surface area contributed by atoms with Gasteiger partial charge in [-0.25, -0.2) is 0 Å². The van der Waals surface area contributed by atoms with Gasteiger partial charge in [0.1, 0.15) is 0 Å². The summed E-state index contributed by atoms with van der Waals surface area (Å²) in [6.07, 6.45) is 12.4. The van der Waals surface area contributed by atoms with Crippen molar-refractivity contribution >= 4 is 5.97 Å². The first-order chi connectivity index (χ1) is 9.34. The molecule has 2 rings (SSSR count). The molecule has 3 heteroatoms. The van der Waals surface area contributed by atoms with Crippen LogP contribution < -0.4 is 5.32 Å². The topological polar surface area (TPSA) is 38.3 Å². The minimum absolute atomic E-state index is 0.0336. The molecule has 0 spiro atoms. The monoisotopic (exact) mass is 265 g/mol. The summed E-state index contributed by atoms with van der Waals surface area (Å²) >= 11 is 0. The maximum Gasteiger partial charge on any atom is 0.306 e. The number of hydrogen-bond acceptors (Lipinski definition) is 3. The summed E-state index contributed by atoms with van der Waals surface area (Å²) in [5, 5.41) is 3.40. The fourth-order valence-corrected chi connectivity index (χ4v) is 2.48. The molecule has 0 aromatic heterocycles. The van der Waals surface area contributed by atoms with Crippen LogP contribution in [0.25, 0.3) is 0 Å². The number of nitrogens with one attached hydrogen (secondary N) is 1. The lowest BCUT2D eigenvalue weighted by atomic mass is 9.96. The number of esters is 1. The minimum atomic E-state index is -0.0336. The third kappa shape index (κ3) is 6.76. The van der Waals surface area contributed by atoms with E-state index < -0.39 is 0 Å². The zero-order valence-electron chi connectivity index (χ0n) is 12.0. The molecule has 0 unspecified atom stereocenters. The average molecular weight is 265 g/mol. The van der Waals surface area contributed by atoms with Gasteiger partial charge in [0, 0.05) is 6.42 Å². The lowest BCUT2D eigenvalue weighted by Crippen LogP contribution is -2.20. The molecule has 1 fully saturated rings. The molecule has 0 aromatic rings. The van der Waals surface area contributed by atoms with Crippen LogP contribution in [0.2, 0.25) is 0 Å². The van der Waals surface area contributed by atoms with Gasteiger partial charge in [-0.3, -0.25) is 4.79 Å². The second-order valence-electron chi connectivity index (χ2n) is 5.83. The van der Waals surface area contributed by atoms with E-state index in [1.807, 2.05) is 0 Å². The molecule has 0 bridgehead atoms. The highest BCUT2D eigenvalue weighted by molar-refractivity contribution is 5.69. The number of carbonyl (C=O) groups is 1. The van der Waals surface area contributed by atoms with E-state index in [0.717, 1.165) is 31.8 Å². The van der Waals surface area contributed by atoms with Gasteiger partial charge < -0.3 is 10.1 Å².